The number of hydrogen-bond donors (Lipinski definition) is 1. The second-order valence-corrected chi connectivity index (χ2v) is 9.42. The third kappa shape index (κ3) is 4.35. The molecule has 1 aromatic heterocycles. The van der Waals surface area contributed by atoms with E-state index in [0.717, 1.165) is 15.4 Å². The van der Waals surface area contributed by atoms with Crippen molar-refractivity contribution in [1.82, 2.24) is 14.2 Å². The number of hydrogen-bond acceptors (Lipinski definition) is 5. The maximum atomic E-state index is 13.1. The fraction of sp³-hybridized carbons (Fsp3) is 0.261. The topological polar surface area (TPSA) is 89.9 Å². The van der Waals surface area contributed by atoms with E-state index >= 15 is 0 Å². The molecule has 1 heterocycles. The summed E-state index contributed by atoms with van der Waals surface area (Å²) >= 11 is 0. The lowest BCUT2D eigenvalue weighted by molar-refractivity contribution is 0.0942. The van der Waals surface area contributed by atoms with E-state index in [1.54, 1.807) is 55.2 Å². The first kappa shape index (κ1) is 23.4. The molecule has 0 aliphatic heterocycles. The van der Waals surface area contributed by atoms with E-state index in [1.807, 2.05) is 12.1 Å². The highest BCUT2D eigenvalue weighted by Gasteiger charge is 2.21. The molecule has 0 bridgehead atoms. The predicted octanol–water partition coefficient (Wildman–Crippen LogP) is 3.02. The van der Waals surface area contributed by atoms with Crippen molar-refractivity contribution in [1.29, 1.82) is 0 Å². The summed E-state index contributed by atoms with van der Waals surface area (Å²) in [7, 11) is 2.47. The number of nitrogens with zero attached hydrogens (tertiary/aromatic N) is 2. The molecule has 3 aromatic rings. The highest BCUT2D eigenvalue weighted by atomic mass is 32.2. The molecule has 0 saturated carbocycles. The van der Waals surface area contributed by atoms with Gasteiger partial charge in [0.1, 0.15) is 5.69 Å². The Morgan fingerprint density at radius 3 is 2.53 bits per heavy atom. The minimum Gasteiger partial charge on any atom is -0.493 e. The zero-order valence-corrected chi connectivity index (χ0v) is 19.4. The van der Waals surface area contributed by atoms with Gasteiger partial charge in [0.2, 0.25) is 10.0 Å². The Bertz CT molecular complexity index is 1260. The third-order valence-corrected chi connectivity index (χ3v) is 6.93. The van der Waals surface area contributed by atoms with Crippen molar-refractivity contribution < 1.29 is 22.7 Å². The van der Waals surface area contributed by atoms with Crippen molar-refractivity contribution in [3.8, 4) is 11.5 Å². The summed E-state index contributed by atoms with van der Waals surface area (Å²) in [5, 5.41) is 3.56. The zero-order chi connectivity index (χ0) is 23.5. The first-order valence-electron chi connectivity index (χ1n) is 9.89. The molecule has 32 heavy (non-hydrogen) atoms. The van der Waals surface area contributed by atoms with Gasteiger partial charge in [-0.3, -0.25) is 4.79 Å². The maximum absolute atomic E-state index is 13.1. The smallest absolute Gasteiger partial charge is 0.268 e. The van der Waals surface area contributed by atoms with Crippen molar-refractivity contribution in [3.63, 3.8) is 0 Å². The molecule has 0 unspecified atom stereocenters. The number of rotatable bonds is 9. The summed E-state index contributed by atoms with van der Waals surface area (Å²) in [4.78, 5) is 13.2. The van der Waals surface area contributed by atoms with E-state index < -0.39 is 10.0 Å². The van der Waals surface area contributed by atoms with Gasteiger partial charge in [0.05, 0.1) is 19.1 Å². The Morgan fingerprint density at radius 1 is 1.16 bits per heavy atom. The van der Waals surface area contributed by atoms with Gasteiger partial charge >= 0.3 is 0 Å². The van der Waals surface area contributed by atoms with Crippen molar-refractivity contribution in [2.75, 3.05) is 28.3 Å². The van der Waals surface area contributed by atoms with E-state index in [-0.39, 0.29) is 17.3 Å². The number of sulfonamides is 1. The number of carbonyl (C=O) groups is 1. The van der Waals surface area contributed by atoms with Crippen LogP contribution < -0.4 is 14.8 Å². The number of carbonyl (C=O) groups excluding carboxylic acids is 1. The molecule has 1 N–H and O–H groups in total. The Morgan fingerprint density at radius 2 is 1.91 bits per heavy atom. The molecule has 3 rings (SSSR count). The summed E-state index contributed by atoms with van der Waals surface area (Å²) in [6.07, 6.45) is 1.69. The lowest BCUT2D eigenvalue weighted by Gasteiger charge is -2.14. The van der Waals surface area contributed by atoms with E-state index in [0.29, 0.717) is 29.1 Å². The average molecular weight is 458 g/mol. The second kappa shape index (κ2) is 9.46. The average Bonchev–Trinajstić information content (AvgIpc) is 3.15. The number of benzene rings is 2. The van der Waals surface area contributed by atoms with Gasteiger partial charge in [-0.1, -0.05) is 18.2 Å². The number of fused-ring (bicyclic) bond motifs is 1. The minimum atomic E-state index is -3.59. The van der Waals surface area contributed by atoms with Gasteiger partial charge in [-0.25, -0.2) is 12.7 Å². The Labute approximate surface area is 188 Å². The number of aromatic nitrogens is 1. The number of amides is 1. The molecule has 0 spiro atoms. The number of ether oxygens (including phenoxy) is 2. The van der Waals surface area contributed by atoms with Crippen LogP contribution in [0.3, 0.4) is 0 Å². The van der Waals surface area contributed by atoms with Crippen LogP contribution in [0.4, 0.5) is 0 Å². The molecule has 0 aliphatic carbocycles. The van der Waals surface area contributed by atoms with Crippen LogP contribution in [0, 0.1) is 0 Å². The summed E-state index contributed by atoms with van der Waals surface area (Å²) in [5.41, 5.74) is 1.92. The molecule has 0 atom stereocenters. The van der Waals surface area contributed by atoms with Crippen LogP contribution in [-0.2, 0) is 23.1 Å². The fourth-order valence-corrected chi connectivity index (χ4v) is 4.43. The molecule has 9 heteroatoms. The molecule has 0 aliphatic rings. The Hall–Kier alpha value is -3.30. The SMILES string of the molecule is C=CCn1c(C(=O)NCc2cccc(OC)c2OC)cc2cc(S(=O)(=O)N(C)C)ccc21. The molecule has 8 nitrogen and oxygen atoms in total. The number of para-hydroxylation sites is 1. The van der Waals surface area contributed by atoms with Gasteiger partial charge in [0.25, 0.3) is 5.91 Å². The summed E-state index contributed by atoms with van der Waals surface area (Å²) < 4.78 is 38.7. The zero-order valence-electron chi connectivity index (χ0n) is 18.6. The Balaban J connectivity index is 1.96. The maximum Gasteiger partial charge on any atom is 0.268 e. The quantitative estimate of drug-likeness (QED) is 0.499. The molecule has 0 fully saturated rings. The van der Waals surface area contributed by atoms with Crippen LogP contribution >= 0.6 is 0 Å². The molecule has 0 radical (unpaired) electrons. The molecular formula is C23H27N3O5S. The van der Waals surface area contributed by atoms with Crippen LogP contribution in [0.15, 0.2) is 60.0 Å². The molecule has 0 saturated heterocycles. The number of methoxy groups -OCH3 is 2. The lowest BCUT2D eigenvalue weighted by Crippen LogP contribution is -2.25. The van der Waals surface area contributed by atoms with Crippen LogP contribution in [0.1, 0.15) is 16.1 Å². The second-order valence-electron chi connectivity index (χ2n) is 7.27. The van der Waals surface area contributed by atoms with Gasteiger partial charge in [0, 0.05) is 43.7 Å². The van der Waals surface area contributed by atoms with Crippen LogP contribution in [0.25, 0.3) is 10.9 Å². The summed E-state index contributed by atoms with van der Waals surface area (Å²) in [5.74, 6) is 0.833. The van der Waals surface area contributed by atoms with Crippen molar-refractivity contribution in [2.24, 2.45) is 0 Å². The van der Waals surface area contributed by atoms with Crippen molar-refractivity contribution in [3.05, 3.63) is 66.4 Å². The molecular weight excluding hydrogens is 430 g/mol. The molecule has 2 aromatic carbocycles. The van der Waals surface area contributed by atoms with Gasteiger partial charge in [-0.15, -0.1) is 6.58 Å². The highest BCUT2D eigenvalue weighted by molar-refractivity contribution is 7.89. The monoisotopic (exact) mass is 457 g/mol. The predicted molar refractivity (Wildman–Crippen MR) is 124 cm³/mol. The molecule has 1 amide bonds. The normalized spacial score (nSPS) is 11.5. The first-order valence-corrected chi connectivity index (χ1v) is 11.3. The Kier molecular flexibility index (Phi) is 6.90. The lowest BCUT2D eigenvalue weighted by atomic mass is 10.2. The van der Waals surface area contributed by atoms with Crippen molar-refractivity contribution in [2.45, 2.75) is 18.0 Å². The first-order chi connectivity index (χ1) is 15.2. The van der Waals surface area contributed by atoms with Crippen molar-refractivity contribution >= 4 is 26.8 Å². The van der Waals surface area contributed by atoms with Gasteiger partial charge in [-0.05, 0) is 30.3 Å². The standard InChI is InChI=1S/C23H27N3O5S/c1-6-12-26-19-11-10-18(32(28,29)25(2)3)13-17(19)14-20(26)23(27)24-15-16-8-7-9-21(30-4)22(16)31-5/h6-11,13-14H,1,12,15H2,2-5H3,(H,24,27). The van der Waals surface area contributed by atoms with E-state index in [1.165, 1.54) is 14.1 Å². The van der Waals surface area contributed by atoms with Gasteiger partial charge in [0.15, 0.2) is 11.5 Å². The summed E-state index contributed by atoms with van der Waals surface area (Å²) in [6.45, 7) is 4.40. The fourth-order valence-electron chi connectivity index (χ4n) is 3.49. The van der Waals surface area contributed by atoms with Crippen LogP contribution in [0.5, 0.6) is 11.5 Å². The van der Waals surface area contributed by atoms with E-state index in [9.17, 15) is 13.2 Å². The van der Waals surface area contributed by atoms with Crippen LogP contribution in [-0.4, -0.2) is 51.5 Å². The highest BCUT2D eigenvalue weighted by Crippen LogP contribution is 2.31. The van der Waals surface area contributed by atoms with E-state index in [2.05, 4.69) is 11.9 Å². The summed E-state index contributed by atoms with van der Waals surface area (Å²) in [6, 6.07) is 12.0. The number of nitrogens with one attached hydrogen (secondary N) is 1. The largest absolute Gasteiger partial charge is 0.493 e. The number of allylic oxidation sites excluding steroid dienone is 1. The van der Waals surface area contributed by atoms with E-state index in [4.69, 9.17) is 9.47 Å². The van der Waals surface area contributed by atoms with Crippen LogP contribution in [0.2, 0.25) is 0 Å². The third-order valence-electron chi connectivity index (χ3n) is 5.12. The van der Waals surface area contributed by atoms with Gasteiger partial charge < -0.3 is 19.4 Å². The van der Waals surface area contributed by atoms with Gasteiger partial charge in [-0.2, -0.15) is 0 Å². The minimum absolute atomic E-state index is 0.166. The molecule has 170 valence electrons.